The Morgan fingerprint density at radius 3 is 3.12 bits per heavy atom. The Labute approximate surface area is 102 Å². The second-order valence-corrected chi connectivity index (χ2v) is 4.82. The molecule has 0 amide bonds. The van der Waals surface area contributed by atoms with Crippen LogP contribution < -0.4 is 5.32 Å². The third-order valence-corrected chi connectivity index (χ3v) is 3.37. The lowest BCUT2D eigenvalue weighted by Gasteiger charge is -2.11. The van der Waals surface area contributed by atoms with Crippen molar-refractivity contribution < 1.29 is 0 Å². The van der Waals surface area contributed by atoms with Crippen molar-refractivity contribution in [3.8, 4) is 0 Å². The standard InChI is InChI=1S/C12H21N3S/c1-4-7-16-8-6-13-11(3)12-9-14-15(5-2)10-12/h4,9-11,13H,1,5-8H2,2-3H3. The molecule has 0 aliphatic rings. The quantitative estimate of drug-likeness (QED) is 0.558. The summed E-state index contributed by atoms with van der Waals surface area (Å²) < 4.78 is 1.96. The van der Waals surface area contributed by atoms with E-state index < -0.39 is 0 Å². The molecule has 4 heteroatoms. The number of nitrogens with one attached hydrogen (secondary N) is 1. The maximum Gasteiger partial charge on any atom is 0.0537 e. The van der Waals surface area contributed by atoms with Crippen LogP contribution in [0.25, 0.3) is 0 Å². The molecule has 1 rings (SSSR count). The Morgan fingerprint density at radius 1 is 1.69 bits per heavy atom. The van der Waals surface area contributed by atoms with Crippen LogP contribution in [0, 0.1) is 0 Å². The lowest BCUT2D eigenvalue weighted by Crippen LogP contribution is -2.21. The van der Waals surface area contributed by atoms with Gasteiger partial charge in [-0.15, -0.1) is 6.58 Å². The summed E-state index contributed by atoms with van der Waals surface area (Å²) in [4.78, 5) is 0. The number of aryl methyl sites for hydroxylation is 1. The predicted octanol–water partition coefficient (Wildman–Crippen LogP) is 2.47. The fraction of sp³-hybridized carbons (Fsp3) is 0.583. The molecular weight excluding hydrogens is 218 g/mol. The lowest BCUT2D eigenvalue weighted by atomic mass is 10.2. The van der Waals surface area contributed by atoms with Gasteiger partial charge in [0.1, 0.15) is 0 Å². The first kappa shape index (κ1) is 13.3. The zero-order chi connectivity index (χ0) is 11.8. The van der Waals surface area contributed by atoms with Crippen LogP contribution in [0.5, 0.6) is 0 Å². The van der Waals surface area contributed by atoms with Crippen LogP contribution in [0.3, 0.4) is 0 Å². The fourth-order valence-electron chi connectivity index (χ4n) is 1.41. The van der Waals surface area contributed by atoms with Crippen LogP contribution in [-0.2, 0) is 6.54 Å². The molecule has 1 aromatic rings. The van der Waals surface area contributed by atoms with Gasteiger partial charge in [0.25, 0.3) is 0 Å². The van der Waals surface area contributed by atoms with Crippen molar-refractivity contribution in [3.63, 3.8) is 0 Å². The molecule has 0 aromatic carbocycles. The third-order valence-electron chi connectivity index (χ3n) is 2.41. The van der Waals surface area contributed by atoms with Crippen molar-refractivity contribution >= 4 is 11.8 Å². The van der Waals surface area contributed by atoms with Gasteiger partial charge in [0.15, 0.2) is 0 Å². The first-order valence-electron chi connectivity index (χ1n) is 5.72. The highest BCUT2D eigenvalue weighted by atomic mass is 32.2. The molecule has 1 heterocycles. The van der Waals surface area contributed by atoms with E-state index in [0.717, 1.165) is 24.6 Å². The molecule has 1 N–H and O–H groups in total. The Bertz CT molecular complexity index is 309. The Morgan fingerprint density at radius 2 is 2.50 bits per heavy atom. The van der Waals surface area contributed by atoms with E-state index in [-0.39, 0.29) is 0 Å². The average Bonchev–Trinajstić information content (AvgIpc) is 2.77. The van der Waals surface area contributed by atoms with E-state index in [2.05, 4.69) is 37.0 Å². The van der Waals surface area contributed by atoms with Gasteiger partial charge < -0.3 is 5.32 Å². The zero-order valence-corrected chi connectivity index (χ0v) is 11.0. The second-order valence-electron chi connectivity index (χ2n) is 3.67. The molecule has 0 aliphatic carbocycles. The van der Waals surface area contributed by atoms with E-state index in [1.807, 2.05) is 28.7 Å². The van der Waals surface area contributed by atoms with Gasteiger partial charge in [-0.2, -0.15) is 16.9 Å². The van der Waals surface area contributed by atoms with Crippen LogP contribution in [0.1, 0.15) is 25.5 Å². The van der Waals surface area contributed by atoms with Crippen molar-refractivity contribution in [3.05, 3.63) is 30.6 Å². The molecular formula is C12H21N3S. The minimum atomic E-state index is 0.379. The highest BCUT2D eigenvalue weighted by Gasteiger charge is 2.06. The van der Waals surface area contributed by atoms with Crippen molar-refractivity contribution in [2.24, 2.45) is 0 Å². The lowest BCUT2D eigenvalue weighted by molar-refractivity contribution is 0.598. The minimum Gasteiger partial charge on any atom is -0.309 e. The van der Waals surface area contributed by atoms with Gasteiger partial charge in [-0.3, -0.25) is 4.68 Å². The summed E-state index contributed by atoms with van der Waals surface area (Å²) in [6.07, 6.45) is 5.99. The summed E-state index contributed by atoms with van der Waals surface area (Å²) in [6, 6.07) is 0.379. The summed E-state index contributed by atoms with van der Waals surface area (Å²) in [5, 5.41) is 7.76. The summed E-state index contributed by atoms with van der Waals surface area (Å²) in [5.41, 5.74) is 1.26. The monoisotopic (exact) mass is 239 g/mol. The summed E-state index contributed by atoms with van der Waals surface area (Å²) in [7, 11) is 0. The van der Waals surface area contributed by atoms with Crippen LogP contribution in [0.15, 0.2) is 25.0 Å². The average molecular weight is 239 g/mol. The topological polar surface area (TPSA) is 29.9 Å². The van der Waals surface area contributed by atoms with E-state index in [1.54, 1.807) is 0 Å². The van der Waals surface area contributed by atoms with Gasteiger partial charge in [0.05, 0.1) is 6.20 Å². The van der Waals surface area contributed by atoms with Gasteiger partial charge in [0, 0.05) is 42.4 Å². The number of hydrogen-bond acceptors (Lipinski definition) is 3. The highest BCUT2D eigenvalue weighted by Crippen LogP contribution is 2.10. The van der Waals surface area contributed by atoms with Crippen LogP contribution >= 0.6 is 11.8 Å². The number of nitrogens with zero attached hydrogens (tertiary/aromatic N) is 2. The maximum atomic E-state index is 4.27. The van der Waals surface area contributed by atoms with E-state index in [4.69, 9.17) is 0 Å². The largest absolute Gasteiger partial charge is 0.309 e. The molecule has 0 saturated heterocycles. The van der Waals surface area contributed by atoms with E-state index >= 15 is 0 Å². The number of hydrogen-bond donors (Lipinski definition) is 1. The summed E-state index contributed by atoms with van der Waals surface area (Å²) in [5.74, 6) is 2.15. The molecule has 0 spiro atoms. The molecule has 1 aromatic heterocycles. The Kier molecular flexibility index (Phi) is 6.26. The molecule has 3 nitrogen and oxygen atoms in total. The normalized spacial score (nSPS) is 12.6. The van der Waals surface area contributed by atoms with Crippen LogP contribution in [-0.4, -0.2) is 27.8 Å². The number of thioether (sulfide) groups is 1. The van der Waals surface area contributed by atoms with E-state index in [9.17, 15) is 0 Å². The van der Waals surface area contributed by atoms with E-state index in [0.29, 0.717) is 6.04 Å². The first-order chi connectivity index (χ1) is 7.77. The zero-order valence-electron chi connectivity index (χ0n) is 10.1. The molecule has 0 aliphatic heterocycles. The number of rotatable bonds is 8. The molecule has 0 radical (unpaired) electrons. The van der Waals surface area contributed by atoms with Gasteiger partial charge in [0.2, 0.25) is 0 Å². The predicted molar refractivity (Wildman–Crippen MR) is 71.8 cm³/mol. The van der Waals surface area contributed by atoms with Crippen LogP contribution in [0.2, 0.25) is 0 Å². The highest BCUT2D eigenvalue weighted by molar-refractivity contribution is 7.99. The van der Waals surface area contributed by atoms with Gasteiger partial charge >= 0.3 is 0 Å². The SMILES string of the molecule is C=CCSCCNC(C)c1cnn(CC)c1. The Balaban J connectivity index is 2.23. The molecule has 0 bridgehead atoms. The number of aromatic nitrogens is 2. The Hall–Kier alpha value is -0.740. The minimum absolute atomic E-state index is 0.379. The fourth-order valence-corrected chi connectivity index (χ4v) is 2.00. The molecule has 90 valence electrons. The molecule has 0 saturated carbocycles. The molecule has 1 unspecified atom stereocenters. The van der Waals surface area contributed by atoms with Crippen molar-refractivity contribution in [2.75, 3.05) is 18.1 Å². The van der Waals surface area contributed by atoms with Crippen molar-refractivity contribution in [1.82, 2.24) is 15.1 Å². The van der Waals surface area contributed by atoms with Crippen LogP contribution in [0.4, 0.5) is 0 Å². The third kappa shape index (κ3) is 4.41. The van der Waals surface area contributed by atoms with Crippen molar-refractivity contribution in [1.29, 1.82) is 0 Å². The van der Waals surface area contributed by atoms with Crippen molar-refractivity contribution in [2.45, 2.75) is 26.4 Å². The molecule has 16 heavy (non-hydrogen) atoms. The van der Waals surface area contributed by atoms with E-state index in [1.165, 1.54) is 5.56 Å². The summed E-state index contributed by atoms with van der Waals surface area (Å²) in [6.45, 7) is 9.93. The van der Waals surface area contributed by atoms with Gasteiger partial charge in [-0.05, 0) is 13.8 Å². The smallest absolute Gasteiger partial charge is 0.0537 e. The first-order valence-corrected chi connectivity index (χ1v) is 6.87. The molecule has 1 atom stereocenters. The molecule has 0 fully saturated rings. The second kappa shape index (κ2) is 7.52. The maximum absolute atomic E-state index is 4.27. The van der Waals surface area contributed by atoms with Gasteiger partial charge in [-0.25, -0.2) is 0 Å². The summed E-state index contributed by atoms with van der Waals surface area (Å²) >= 11 is 1.90. The van der Waals surface area contributed by atoms with Gasteiger partial charge in [-0.1, -0.05) is 6.08 Å².